The summed E-state index contributed by atoms with van der Waals surface area (Å²) in [4.78, 5) is 32.6. The van der Waals surface area contributed by atoms with E-state index in [1.807, 2.05) is 47.4 Å². The van der Waals surface area contributed by atoms with E-state index >= 15 is 0 Å². The average molecular weight is 501 g/mol. The summed E-state index contributed by atoms with van der Waals surface area (Å²) in [5, 5.41) is 6.56. The van der Waals surface area contributed by atoms with E-state index in [0.717, 1.165) is 48.2 Å². The first-order valence-electron chi connectivity index (χ1n) is 13.1. The average Bonchev–Trinajstić information content (AvgIpc) is 2.93. The second-order valence-corrected chi connectivity index (χ2v) is 9.37. The Morgan fingerprint density at radius 2 is 1.70 bits per heavy atom. The maximum Gasteiger partial charge on any atom is 0.258 e. The van der Waals surface area contributed by atoms with Gasteiger partial charge in [-0.1, -0.05) is 43.5 Å². The maximum absolute atomic E-state index is 13.5. The summed E-state index contributed by atoms with van der Waals surface area (Å²) in [5.41, 5.74) is 5.05. The van der Waals surface area contributed by atoms with Crippen molar-refractivity contribution >= 4 is 17.5 Å². The molecule has 3 aromatic rings. The molecule has 1 aliphatic rings. The largest absolute Gasteiger partial charge is 0.380 e. The molecule has 2 N–H and O–H groups in total. The van der Waals surface area contributed by atoms with Crippen molar-refractivity contribution in [3.63, 3.8) is 0 Å². The van der Waals surface area contributed by atoms with Gasteiger partial charge in [0.2, 0.25) is 0 Å². The lowest BCUT2D eigenvalue weighted by Crippen LogP contribution is -2.34. The van der Waals surface area contributed by atoms with Crippen molar-refractivity contribution in [2.45, 2.75) is 51.8 Å². The minimum Gasteiger partial charge on any atom is -0.380 e. The lowest BCUT2D eigenvalue weighted by atomic mass is 10.0. The Labute approximate surface area is 219 Å². The molecule has 1 aliphatic heterocycles. The summed E-state index contributed by atoms with van der Waals surface area (Å²) >= 11 is 0. The van der Waals surface area contributed by atoms with Crippen LogP contribution in [0.15, 0.2) is 67.0 Å². The van der Waals surface area contributed by atoms with E-state index in [1.54, 1.807) is 31.6 Å². The molecule has 0 fully saturated rings. The first-order valence-corrected chi connectivity index (χ1v) is 13.1. The second-order valence-electron chi connectivity index (χ2n) is 9.37. The molecule has 2 amide bonds. The van der Waals surface area contributed by atoms with Crippen LogP contribution in [0.1, 0.15) is 69.5 Å². The van der Waals surface area contributed by atoms with Gasteiger partial charge >= 0.3 is 0 Å². The molecule has 2 heterocycles. The molecule has 0 unspecified atom stereocenters. The summed E-state index contributed by atoms with van der Waals surface area (Å²) in [5.74, 6) is -0.194. The van der Waals surface area contributed by atoms with Gasteiger partial charge in [-0.3, -0.25) is 14.6 Å². The normalized spacial score (nSPS) is 14.7. The smallest absolute Gasteiger partial charge is 0.258 e. The predicted octanol–water partition coefficient (Wildman–Crippen LogP) is 4.86. The number of amides is 2. The molecule has 37 heavy (non-hydrogen) atoms. The zero-order valence-electron chi connectivity index (χ0n) is 21.5. The number of carbonyl (C=O) groups excluding carboxylic acids is 2. The first-order chi connectivity index (χ1) is 18.2. The van der Waals surface area contributed by atoms with E-state index in [0.29, 0.717) is 37.4 Å². The number of nitrogens with one attached hydrogen (secondary N) is 2. The molecule has 4 rings (SSSR count). The third-order valence-corrected chi connectivity index (χ3v) is 6.71. The molecular weight excluding hydrogens is 464 g/mol. The zero-order chi connectivity index (χ0) is 25.9. The fourth-order valence-corrected chi connectivity index (χ4v) is 4.69. The zero-order valence-corrected chi connectivity index (χ0v) is 21.5. The number of ether oxygens (including phenoxy) is 1. The molecule has 0 aliphatic carbocycles. The number of fused-ring (bicyclic) bond motifs is 1. The van der Waals surface area contributed by atoms with Crippen LogP contribution >= 0.6 is 0 Å². The van der Waals surface area contributed by atoms with Crippen LogP contribution in [0, 0.1) is 0 Å². The Hall–Kier alpha value is -3.55. The Morgan fingerprint density at radius 1 is 0.946 bits per heavy atom. The number of anilines is 1. The summed E-state index contributed by atoms with van der Waals surface area (Å²) < 4.78 is 5.29. The molecule has 0 saturated carbocycles. The summed E-state index contributed by atoms with van der Waals surface area (Å²) in [6.07, 6.45) is 8.77. The lowest BCUT2D eigenvalue weighted by Gasteiger charge is -2.27. The fourth-order valence-electron chi connectivity index (χ4n) is 4.69. The first kappa shape index (κ1) is 26.5. The topological polar surface area (TPSA) is 83.6 Å². The van der Waals surface area contributed by atoms with Gasteiger partial charge in [0, 0.05) is 56.0 Å². The number of hydrogen-bond donors (Lipinski definition) is 2. The number of methoxy groups -OCH3 is 1. The van der Waals surface area contributed by atoms with Crippen LogP contribution in [0.3, 0.4) is 0 Å². The van der Waals surface area contributed by atoms with E-state index in [1.165, 1.54) is 12.8 Å². The monoisotopic (exact) mass is 500 g/mol. The lowest BCUT2D eigenvalue weighted by molar-refractivity contribution is 0.0949. The Bertz CT molecular complexity index is 1180. The number of aromatic nitrogens is 1. The summed E-state index contributed by atoms with van der Waals surface area (Å²) in [7, 11) is 1.66. The number of nitrogens with zero attached hydrogens (tertiary/aromatic N) is 2. The minimum absolute atomic E-state index is 0.0485. The van der Waals surface area contributed by atoms with Crippen LogP contribution in [-0.4, -0.2) is 37.0 Å². The van der Waals surface area contributed by atoms with Crippen LogP contribution in [0.5, 0.6) is 0 Å². The SMILES string of the molecule is COCc1ccccc1CNC(=O)c1ccc2c(c1)CNCCCCCCCN2C(=O)c1ccncc1. The maximum atomic E-state index is 13.5. The molecular formula is C30H36N4O3. The van der Waals surface area contributed by atoms with E-state index in [-0.39, 0.29) is 11.8 Å². The number of carbonyl (C=O) groups is 2. The van der Waals surface area contributed by atoms with Crippen molar-refractivity contribution in [3.8, 4) is 0 Å². The van der Waals surface area contributed by atoms with Crippen molar-refractivity contribution in [2.75, 3.05) is 25.1 Å². The quantitative estimate of drug-likeness (QED) is 0.505. The van der Waals surface area contributed by atoms with E-state index < -0.39 is 0 Å². The van der Waals surface area contributed by atoms with Gasteiger partial charge in [-0.25, -0.2) is 0 Å². The Kier molecular flexibility index (Phi) is 9.80. The highest BCUT2D eigenvalue weighted by Crippen LogP contribution is 2.26. The summed E-state index contributed by atoms with van der Waals surface area (Å²) in [6.45, 7) is 3.05. The molecule has 7 heteroatoms. The van der Waals surface area contributed by atoms with Gasteiger partial charge in [-0.2, -0.15) is 0 Å². The van der Waals surface area contributed by atoms with Crippen LogP contribution in [0.2, 0.25) is 0 Å². The molecule has 0 spiro atoms. The van der Waals surface area contributed by atoms with E-state index in [9.17, 15) is 9.59 Å². The minimum atomic E-state index is -0.145. The number of benzene rings is 2. The van der Waals surface area contributed by atoms with Crippen LogP contribution in [0.25, 0.3) is 0 Å². The van der Waals surface area contributed by atoms with Crippen molar-refractivity contribution < 1.29 is 14.3 Å². The van der Waals surface area contributed by atoms with E-state index in [4.69, 9.17) is 4.74 Å². The second kappa shape index (κ2) is 13.7. The molecule has 194 valence electrons. The number of pyridine rings is 1. The fraction of sp³-hybridized carbons (Fsp3) is 0.367. The van der Waals surface area contributed by atoms with E-state index in [2.05, 4.69) is 15.6 Å². The standard InChI is InChI=1S/C30H36N4O3/c1-37-22-26-10-6-5-9-25(26)21-33-29(35)24-11-12-28-27(19-24)20-32-15-7-3-2-4-8-18-34(28)30(36)23-13-16-31-17-14-23/h5-6,9-14,16-17,19,32H,2-4,7-8,15,18,20-22H2,1H3,(H,33,35). The Balaban J connectivity index is 1.59. The van der Waals surface area contributed by atoms with Gasteiger partial charge in [0.1, 0.15) is 0 Å². The molecule has 0 radical (unpaired) electrons. The van der Waals surface area contributed by atoms with Gasteiger partial charge in [0.05, 0.1) is 6.61 Å². The third-order valence-electron chi connectivity index (χ3n) is 6.71. The van der Waals surface area contributed by atoms with Gasteiger partial charge in [0.25, 0.3) is 11.8 Å². The van der Waals surface area contributed by atoms with Crippen LogP contribution in [-0.2, 0) is 24.4 Å². The van der Waals surface area contributed by atoms with Gasteiger partial charge in [-0.05, 0) is 66.4 Å². The Morgan fingerprint density at radius 3 is 2.51 bits per heavy atom. The van der Waals surface area contributed by atoms with Gasteiger partial charge in [-0.15, -0.1) is 0 Å². The highest BCUT2D eigenvalue weighted by molar-refractivity contribution is 6.06. The van der Waals surface area contributed by atoms with Gasteiger partial charge < -0.3 is 20.3 Å². The van der Waals surface area contributed by atoms with Crippen molar-refractivity contribution in [1.29, 1.82) is 0 Å². The number of rotatable bonds is 6. The molecule has 7 nitrogen and oxygen atoms in total. The van der Waals surface area contributed by atoms with Crippen molar-refractivity contribution in [3.05, 3.63) is 94.8 Å². The highest BCUT2D eigenvalue weighted by atomic mass is 16.5. The van der Waals surface area contributed by atoms with Crippen molar-refractivity contribution in [2.24, 2.45) is 0 Å². The summed E-state index contributed by atoms with van der Waals surface area (Å²) in [6, 6.07) is 17.1. The third kappa shape index (κ3) is 7.24. The molecule has 1 aromatic heterocycles. The van der Waals surface area contributed by atoms with Crippen molar-refractivity contribution in [1.82, 2.24) is 15.6 Å². The predicted molar refractivity (Wildman–Crippen MR) is 145 cm³/mol. The molecule has 0 saturated heterocycles. The highest BCUT2D eigenvalue weighted by Gasteiger charge is 2.22. The molecule has 0 atom stereocenters. The molecule has 2 aromatic carbocycles. The van der Waals surface area contributed by atoms with Crippen LogP contribution < -0.4 is 15.5 Å². The van der Waals surface area contributed by atoms with Gasteiger partial charge in [0.15, 0.2) is 0 Å². The number of hydrogen-bond acceptors (Lipinski definition) is 5. The van der Waals surface area contributed by atoms with Crippen LogP contribution in [0.4, 0.5) is 5.69 Å². The molecule has 0 bridgehead atoms.